The van der Waals surface area contributed by atoms with Crippen molar-refractivity contribution in [3.8, 4) is 0 Å². The van der Waals surface area contributed by atoms with Crippen LogP contribution in [0.2, 0.25) is 0 Å². The first kappa shape index (κ1) is 13.6. The van der Waals surface area contributed by atoms with Crippen LogP contribution in [0.5, 0.6) is 0 Å². The highest BCUT2D eigenvalue weighted by Gasteiger charge is 2.12. The van der Waals surface area contributed by atoms with Gasteiger partial charge in [0.2, 0.25) is 0 Å². The van der Waals surface area contributed by atoms with Gasteiger partial charge in [0.15, 0.2) is 11.6 Å². The summed E-state index contributed by atoms with van der Waals surface area (Å²) in [6.07, 6.45) is 2.14. The number of nitrogens with zero attached hydrogens (tertiary/aromatic N) is 1. The molecule has 1 atom stereocenters. The zero-order valence-electron chi connectivity index (χ0n) is 11.3. The molecule has 0 amide bonds. The average molecular weight is 284 g/mol. The molecule has 106 valence electrons. The van der Waals surface area contributed by atoms with E-state index in [0.29, 0.717) is 12.0 Å². The summed E-state index contributed by atoms with van der Waals surface area (Å²) in [5.74, 6) is -1.70. The standard InChI is InChI=1S/C17H14F2N2/c18-14-7-6-11(9-15(14)19)10-16(20)13-5-1-3-12-4-2-8-21-17(12)13/h1-9,16H,10,20H2. The number of aromatic nitrogens is 1. The highest BCUT2D eigenvalue weighted by molar-refractivity contribution is 5.82. The molecule has 0 radical (unpaired) electrons. The molecule has 3 aromatic rings. The lowest BCUT2D eigenvalue weighted by atomic mass is 9.97. The second-order valence-electron chi connectivity index (χ2n) is 4.98. The predicted octanol–water partition coefficient (Wildman–Crippen LogP) is 3.76. The fourth-order valence-corrected chi connectivity index (χ4v) is 2.46. The molecule has 0 fully saturated rings. The summed E-state index contributed by atoms with van der Waals surface area (Å²) in [7, 11) is 0. The van der Waals surface area contributed by atoms with Crippen LogP contribution < -0.4 is 5.73 Å². The third-order valence-corrected chi connectivity index (χ3v) is 3.50. The average Bonchev–Trinajstić information content (AvgIpc) is 2.50. The summed E-state index contributed by atoms with van der Waals surface area (Å²) in [4.78, 5) is 4.36. The highest BCUT2D eigenvalue weighted by Crippen LogP contribution is 2.24. The fourth-order valence-electron chi connectivity index (χ4n) is 2.46. The number of halogens is 2. The molecule has 0 saturated heterocycles. The normalized spacial score (nSPS) is 12.5. The number of pyridine rings is 1. The first-order chi connectivity index (χ1) is 10.1. The molecular weight excluding hydrogens is 270 g/mol. The van der Waals surface area contributed by atoms with Gasteiger partial charge < -0.3 is 5.73 Å². The number of hydrogen-bond acceptors (Lipinski definition) is 2. The van der Waals surface area contributed by atoms with Crippen LogP contribution in [0.1, 0.15) is 17.2 Å². The molecule has 0 aliphatic heterocycles. The third-order valence-electron chi connectivity index (χ3n) is 3.50. The lowest BCUT2D eigenvalue weighted by Crippen LogP contribution is -2.14. The Kier molecular flexibility index (Phi) is 3.62. The molecule has 21 heavy (non-hydrogen) atoms. The van der Waals surface area contributed by atoms with Gasteiger partial charge in [-0.05, 0) is 35.7 Å². The molecule has 1 aromatic heterocycles. The van der Waals surface area contributed by atoms with Crippen molar-refractivity contribution >= 4 is 10.9 Å². The highest BCUT2D eigenvalue weighted by atomic mass is 19.2. The molecule has 0 bridgehead atoms. The van der Waals surface area contributed by atoms with E-state index >= 15 is 0 Å². The molecule has 3 rings (SSSR count). The van der Waals surface area contributed by atoms with Gasteiger partial charge in [0.1, 0.15) is 0 Å². The topological polar surface area (TPSA) is 38.9 Å². The van der Waals surface area contributed by atoms with Gasteiger partial charge in [-0.1, -0.05) is 30.3 Å². The smallest absolute Gasteiger partial charge is 0.159 e. The Bertz CT molecular complexity index is 781. The molecule has 0 spiro atoms. The van der Waals surface area contributed by atoms with E-state index in [1.807, 2.05) is 30.3 Å². The molecule has 2 aromatic carbocycles. The van der Waals surface area contributed by atoms with Crippen LogP contribution in [-0.2, 0) is 6.42 Å². The lowest BCUT2D eigenvalue weighted by Gasteiger charge is -2.14. The van der Waals surface area contributed by atoms with Crippen LogP contribution in [-0.4, -0.2) is 4.98 Å². The van der Waals surface area contributed by atoms with E-state index in [1.54, 1.807) is 12.3 Å². The van der Waals surface area contributed by atoms with Crippen LogP contribution in [0.3, 0.4) is 0 Å². The van der Waals surface area contributed by atoms with Gasteiger partial charge in [0.25, 0.3) is 0 Å². The largest absolute Gasteiger partial charge is 0.324 e. The first-order valence-electron chi connectivity index (χ1n) is 6.68. The monoisotopic (exact) mass is 284 g/mol. The lowest BCUT2D eigenvalue weighted by molar-refractivity contribution is 0.506. The Balaban J connectivity index is 1.93. The van der Waals surface area contributed by atoms with Gasteiger partial charge in [-0.25, -0.2) is 8.78 Å². The maximum atomic E-state index is 13.3. The maximum absolute atomic E-state index is 13.3. The van der Waals surface area contributed by atoms with Crippen LogP contribution in [0.4, 0.5) is 8.78 Å². The minimum atomic E-state index is -0.851. The summed E-state index contributed by atoms with van der Waals surface area (Å²) in [6, 6.07) is 13.2. The number of hydrogen-bond donors (Lipinski definition) is 1. The van der Waals surface area contributed by atoms with Gasteiger partial charge >= 0.3 is 0 Å². The Hall–Kier alpha value is -2.33. The molecule has 0 aliphatic rings. The maximum Gasteiger partial charge on any atom is 0.159 e. The minimum absolute atomic E-state index is 0.325. The number of nitrogens with two attached hydrogens (primary N) is 1. The quantitative estimate of drug-likeness (QED) is 0.795. The van der Waals surface area contributed by atoms with Gasteiger partial charge in [-0.3, -0.25) is 4.98 Å². The van der Waals surface area contributed by atoms with Crippen molar-refractivity contribution in [2.24, 2.45) is 5.73 Å². The number of para-hydroxylation sites is 1. The molecule has 2 nitrogen and oxygen atoms in total. The Morgan fingerprint density at radius 1 is 1.00 bits per heavy atom. The number of fused-ring (bicyclic) bond motifs is 1. The predicted molar refractivity (Wildman–Crippen MR) is 78.7 cm³/mol. The molecule has 4 heteroatoms. The van der Waals surface area contributed by atoms with Gasteiger partial charge in [0, 0.05) is 17.6 Å². The summed E-state index contributed by atoms with van der Waals surface area (Å²) < 4.78 is 26.2. The summed E-state index contributed by atoms with van der Waals surface area (Å²) in [5.41, 5.74) is 8.63. The van der Waals surface area contributed by atoms with Gasteiger partial charge in [-0.15, -0.1) is 0 Å². The SMILES string of the molecule is NC(Cc1ccc(F)c(F)c1)c1cccc2cccnc12. The molecule has 0 saturated carbocycles. The van der Waals surface area contributed by atoms with E-state index in [4.69, 9.17) is 5.73 Å². The third kappa shape index (κ3) is 2.76. The van der Waals surface area contributed by atoms with Crippen molar-refractivity contribution in [2.75, 3.05) is 0 Å². The van der Waals surface area contributed by atoms with Crippen LogP contribution in [0.25, 0.3) is 10.9 Å². The molecule has 0 aliphatic carbocycles. The number of rotatable bonds is 3. The molecule has 1 unspecified atom stereocenters. The van der Waals surface area contributed by atoms with Crippen LogP contribution in [0.15, 0.2) is 54.7 Å². The van der Waals surface area contributed by atoms with E-state index in [9.17, 15) is 8.78 Å². The van der Waals surface area contributed by atoms with E-state index in [1.165, 1.54) is 6.07 Å². The zero-order valence-corrected chi connectivity index (χ0v) is 11.3. The van der Waals surface area contributed by atoms with Crippen molar-refractivity contribution in [2.45, 2.75) is 12.5 Å². The second-order valence-corrected chi connectivity index (χ2v) is 4.98. The molecular formula is C17H14F2N2. The summed E-state index contributed by atoms with van der Waals surface area (Å²) in [6.45, 7) is 0. The van der Waals surface area contributed by atoms with E-state index < -0.39 is 11.6 Å². The van der Waals surface area contributed by atoms with E-state index in [-0.39, 0.29) is 6.04 Å². The summed E-state index contributed by atoms with van der Waals surface area (Å²) >= 11 is 0. The fraction of sp³-hybridized carbons (Fsp3) is 0.118. The zero-order chi connectivity index (χ0) is 14.8. The van der Waals surface area contributed by atoms with Gasteiger partial charge in [-0.2, -0.15) is 0 Å². The second kappa shape index (κ2) is 5.58. The van der Waals surface area contributed by atoms with Crippen LogP contribution in [0, 0.1) is 11.6 Å². The summed E-state index contributed by atoms with van der Waals surface area (Å²) in [5, 5.41) is 1.01. The van der Waals surface area contributed by atoms with Crippen LogP contribution >= 0.6 is 0 Å². The Morgan fingerprint density at radius 2 is 1.81 bits per heavy atom. The van der Waals surface area contributed by atoms with E-state index in [0.717, 1.165) is 22.5 Å². The van der Waals surface area contributed by atoms with Crippen molar-refractivity contribution in [3.05, 3.63) is 77.5 Å². The van der Waals surface area contributed by atoms with Gasteiger partial charge in [0.05, 0.1) is 5.52 Å². The first-order valence-corrected chi connectivity index (χ1v) is 6.68. The van der Waals surface area contributed by atoms with Crippen molar-refractivity contribution in [3.63, 3.8) is 0 Å². The molecule has 2 N–H and O–H groups in total. The number of benzene rings is 2. The Morgan fingerprint density at radius 3 is 2.62 bits per heavy atom. The van der Waals surface area contributed by atoms with Crippen molar-refractivity contribution in [1.29, 1.82) is 0 Å². The Labute approximate surface area is 121 Å². The van der Waals surface area contributed by atoms with Crippen molar-refractivity contribution in [1.82, 2.24) is 4.98 Å². The molecule has 1 heterocycles. The van der Waals surface area contributed by atoms with Crippen molar-refractivity contribution < 1.29 is 8.78 Å². The minimum Gasteiger partial charge on any atom is -0.324 e. The van der Waals surface area contributed by atoms with E-state index in [2.05, 4.69) is 4.98 Å².